The van der Waals surface area contributed by atoms with Gasteiger partial charge in [0.1, 0.15) is 19.0 Å². The Morgan fingerprint density at radius 1 is 1.31 bits per heavy atom. The summed E-state index contributed by atoms with van der Waals surface area (Å²) in [5, 5.41) is 6.06. The summed E-state index contributed by atoms with van der Waals surface area (Å²) in [7, 11) is 0. The van der Waals surface area contributed by atoms with Gasteiger partial charge in [-0.05, 0) is 25.2 Å². The minimum Gasteiger partial charge on any atom is -0.448 e. The van der Waals surface area contributed by atoms with Crippen LogP contribution in [0.2, 0.25) is 0 Å². The molecule has 1 aromatic rings. The van der Waals surface area contributed by atoms with E-state index in [1.54, 1.807) is 6.20 Å². The standard InChI is InChI=1S/C20H31N5O4/c1-2-17-21-7-9-24(17)8-6-18(26)23-16-5-3-4-15(12-16)13-22-19(27)14-25-10-11-29-20(25)28/h7,9,15-16H,2-6,8,10-14H2,1H3,(H,22,27)(H,23,26)/t15-,16+/m1/s1. The average molecular weight is 405 g/mol. The number of amides is 3. The second-order valence-electron chi connectivity index (χ2n) is 7.78. The number of aryl methyl sites for hydroxylation is 2. The van der Waals surface area contributed by atoms with Crippen LogP contribution in [-0.2, 0) is 27.3 Å². The van der Waals surface area contributed by atoms with Crippen LogP contribution < -0.4 is 10.6 Å². The first-order chi connectivity index (χ1) is 14.0. The van der Waals surface area contributed by atoms with Crippen molar-refractivity contribution in [1.82, 2.24) is 25.1 Å². The van der Waals surface area contributed by atoms with Crippen molar-refractivity contribution in [2.75, 3.05) is 26.2 Å². The van der Waals surface area contributed by atoms with Crippen molar-refractivity contribution >= 4 is 17.9 Å². The molecule has 0 aromatic carbocycles. The summed E-state index contributed by atoms with van der Waals surface area (Å²) in [5.74, 6) is 1.22. The van der Waals surface area contributed by atoms with Crippen LogP contribution in [0.5, 0.6) is 0 Å². The van der Waals surface area contributed by atoms with Gasteiger partial charge in [-0.2, -0.15) is 0 Å². The van der Waals surface area contributed by atoms with Gasteiger partial charge in [-0.15, -0.1) is 0 Å². The van der Waals surface area contributed by atoms with Gasteiger partial charge in [-0.25, -0.2) is 9.78 Å². The van der Waals surface area contributed by atoms with Crippen LogP contribution >= 0.6 is 0 Å². The van der Waals surface area contributed by atoms with E-state index in [-0.39, 0.29) is 24.4 Å². The Morgan fingerprint density at radius 2 is 2.17 bits per heavy atom. The number of imidazole rings is 1. The molecule has 1 saturated carbocycles. The highest BCUT2D eigenvalue weighted by atomic mass is 16.6. The number of nitrogens with one attached hydrogen (secondary N) is 2. The molecule has 160 valence electrons. The Bertz CT molecular complexity index is 719. The van der Waals surface area contributed by atoms with E-state index < -0.39 is 6.09 Å². The predicted molar refractivity (Wildman–Crippen MR) is 106 cm³/mol. The highest BCUT2D eigenvalue weighted by Crippen LogP contribution is 2.24. The SMILES string of the molecule is CCc1nccn1CCC(=O)N[C@H]1CCC[C@@H](CNC(=O)CN2CCOC2=O)C1. The van der Waals surface area contributed by atoms with E-state index in [1.807, 2.05) is 10.8 Å². The largest absolute Gasteiger partial charge is 0.448 e. The number of nitrogens with zero attached hydrogens (tertiary/aromatic N) is 3. The number of hydrogen-bond acceptors (Lipinski definition) is 5. The monoisotopic (exact) mass is 405 g/mol. The van der Waals surface area contributed by atoms with Crippen molar-refractivity contribution in [3.63, 3.8) is 0 Å². The van der Waals surface area contributed by atoms with Gasteiger partial charge in [0, 0.05) is 44.4 Å². The summed E-state index contributed by atoms with van der Waals surface area (Å²) in [4.78, 5) is 41.5. The highest BCUT2D eigenvalue weighted by molar-refractivity contribution is 5.82. The number of cyclic esters (lactones) is 1. The highest BCUT2D eigenvalue weighted by Gasteiger charge is 2.26. The number of rotatable bonds is 9. The molecule has 29 heavy (non-hydrogen) atoms. The molecule has 3 amide bonds. The predicted octanol–water partition coefficient (Wildman–Crippen LogP) is 1.08. The fourth-order valence-corrected chi connectivity index (χ4v) is 4.04. The molecule has 0 unspecified atom stereocenters. The molecule has 9 nitrogen and oxygen atoms in total. The topological polar surface area (TPSA) is 106 Å². The van der Waals surface area contributed by atoms with Gasteiger partial charge in [0.15, 0.2) is 0 Å². The van der Waals surface area contributed by atoms with Gasteiger partial charge in [0.05, 0.1) is 6.54 Å². The minimum absolute atomic E-state index is 0.0414. The fourth-order valence-electron chi connectivity index (χ4n) is 4.04. The molecule has 2 fully saturated rings. The molecule has 9 heteroatoms. The van der Waals surface area contributed by atoms with Crippen LogP contribution in [0.4, 0.5) is 4.79 Å². The van der Waals surface area contributed by atoms with Gasteiger partial charge in [-0.1, -0.05) is 13.3 Å². The summed E-state index contributed by atoms with van der Waals surface area (Å²) < 4.78 is 6.85. The summed E-state index contributed by atoms with van der Waals surface area (Å²) in [6, 6.07) is 0.153. The lowest BCUT2D eigenvalue weighted by molar-refractivity contribution is -0.123. The molecule has 2 aliphatic rings. The van der Waals surface area contributed by atoms with Crippen molar-refractivity contribution in [2.45, 2.75) is 58.0 Å². The van der Waals surface area contributed by atoms with Gasteiger partial charge in [0.2, 0.25) is 11.8 Å². The first kappa shape index (κ1) is 21.1. The van der Waals surface area contributed by atoms with Gasteiger partial charge in [-0.3, -0.25) is 14.5 Å². The van der Waals surface area contributed by atoms with Crippen LogP contribution in [0.15, 0.2) is 12.4 Å². The molecule has 1 aliphatic heterocycles. The van der Waals surface area contributed by atoms with Gasteiger partial charge < -0.3 is 19.9 Å². The zero-order valence-corrected chi connectivity index (χ0v) is 17.1. The van der Waals surface area contributed by atoms with E-state index in [9.17, 15) is 14.4 Å². The quantitative estimate of drug-likeness (QED) is 0.640. The third-order valence-electron chi connectivity index (χ3n) is 5.61. The van der Waals surface area contributed by atoms with Crippen LogP contribution in [0.1, 0.15) is 44.9 Å². The Hall–Kier alpha value is -2.58. The third kappa shape index (κ3) is 6.20. The average Bonchev–Trinajstić information content (AvgIpc) is 3.33. The number of carbonyl (C=O) groups excluding carboxylic acids is 3. The van der Waals surface area contributed by atoms with Crippen LogP contribution in [-0.4, -0.2) is 64.6 Å². The molecule has 0 bridgehead atoms. The second-order valence-corrected chi connectivity index (χ2v) is 7.78. The molecule has 1 aliphatic carbocycles. The molecule has 3 rings (SSSR count). The first-order valence-corrected chi connectivity index (χ1v) is 10.5. The summed E-state index contributed by atoms with van der Waals surface area (Å²) >= 11 is 0. The molecule has 2 atom stereocenters. The van der Waals surface area contributed by atoms with E-state index >= 15 is 0 Å². The van der Waals surface area contributed by atoms with Crippen LogP contribution in [0, 0.1) is 5.92 Å². The maximum absolute atomic E-state index is 12.3. The van der Waals surface area contributed by atoms with Crippen molar-refractivity contribution in [3.05, 3.63) is 18.2 Å². The molecule has 2 heterocycles. The third-order valence-corrected chi connectivity index (χ3v) is 5.61. The normalized spacial score (nSPS) is 21.7. The van der Waals surface area contributed by atoms with Crippen LogP contribution in [0.25, 0.3) is 0 Å². The maximum Gasteiger partial charge on any atom is 0.410 e. The van der Waals surface area contributed by atoms with Crippen LogP contribution in [0.3, 0.4) is 0 Å². The van der Waals surface area contributed by atoms with E-state index in [2.05, 4.69) is 22.5 Å². The summed E-state index contributed by atoms with van der Waals surface area (Å²) in [6.45, 7) is 4.11. The maximum atomic E-state index is 12.3. The molecular weight excluding hydrogens is 374 g/mol. The molecule has 0 radical (unpaired) electrons. The minimum atomic E-state index is -0.428. The first-order valence-electron chi connectivity index (χ1n) is 10.5. The van der Waals surface area contributed by atoms with E-state index in [4.69, 9.17) is 4.74 Å². The second kappa shape index (κ2) is 10.3. The van der Waals surface area contributed by atoms with E-state index in [1.165, 1.54) is 4.90 Å². The smallest absolute Gasteiger partial charge is 0.410 e. The Labute approximate surface area is 171 Å². The van der Waals surface area contributed by atoms with Gasteiger partial charge in [0.25, 0.3) is 0 Å². The summed E-state index contributed by atoms with van der Waals surface area (Å²) in [6.07, 6.45) is 8.44. The fraction of sp³-hybridized carbons (Fsp3) is 0.700. The molecule has 0 spiro atoms. The number of aromatic nitrogens is 2. The Kier molecular flexibility index (Phi) is 7.48. The lowest BCUT2D eigenvalue weighted by Crippen LogP contribution is -2.43. The van der Waals surface area contributed by atoms with Crippen molar-refractivity contribution in [3.8, 4) is 0 Å². The van der Waals surface area contributed by atoms with Crippen molar-refractivity contribution in [2.24, 2.45) is 5.92 Å². The zero-order chi connectivity index (χ0) is 20.6. The lowest BCUT2D eigenvalue weighted by atomic mass is 9.85. The number of hydrogen-bond donors (Lipinski definition) is 2. The van der Waals surface area contributed by atoms with E-state index in [0.29, 0.717) is 38.6 Å². The number of ether oxygens (including phenoxy) is 1. The Balaban J connectivity index is 1.35. The van der Waals surface area contributed by atoms with E-state index in [0.717, 1.165) is 37.9 Å². The molecular formula is C20H31N5O4. The number of carbonyl (C=O) groups is 3. The van der Waals surface area contributed by atoms with Crippen molar-refractivity contribution < 1.29 is 19.1 Å². The zero-order valence-electron chi connectivity index (χ0n) is 17.1. The van der Waals surface area contributed by atoms with Gasteiger partial charge >= 0.3 is 6.09 Å². The Morgan fingerprint density at radius 3 is 2.93 bits per heavy atom. The molecule has 1 aromatic heterocycles. The van der Waals surface area contributed by atoms with Crippen molar-refractivity contribution in [1.29, 1.82) is 0 Å². The molecule has 1 saturated heterocycles. The lowest BCUT2D eigenvalue weighted by Gasteiger charge is -2.30. The summed E-state index contributed by atoms with van der Waals surface area (Å²) in [5.41, 5.74) is 0. The molecule has 2 N–H and O–H groups in total.